The van der Waals surface area contributed by atoms with Gasteiger partial charge in [0, 0.05) is 5.56 Å². The van der Waals surface area contributed by atoms with Crippen LogP contribution >= 0.6 is 0 Å². The minimum absolute atomic E-state index is 0.00738. The molecule has 1 amide bonds. The normalized spacial score (nSPS) is 21.2. The van der Waals surface area contributed by atoms with Crippen LogP contribution in [0.3, 0.4) is 0 Å². The molecule has 0 spiro atoms. The van der Waals surface area contributed by atoms with Crippen molar-refractivity contribution in [2.24, 2.45) is 0 Å². The van der Waals surface area contributed by atoms with Crippen LogP contribution in [0.15, 0.2) is 30.5 Å². The van der Waals surface area contributed by atoms with Gasteiger partial charge in [-0.25, -0.2) is 26.7 Å². The maximum absolute atomic E-state index is 14.7. The number of rotatable bonds is 5. The molecule has 4 rings (SSSR count). The maximum atomic E-state index is 14.7. The minimum Gasteiger partial charge on any atom is -0.442 e. The summed E-state index contributed by atoms with van der Waals surface area (Å²) in [7, 11) is -3.10. The highest BCUT2D eigenvalue weighted by Crippen LogP contribution is 2.30. The van der Waals surface area contributed by atoms with Crippen LogP contribution in [0.1, 0.15) is 17.7 Å². The fourth-order valence-electron chi connectivity index (χ4n) is 3.38. The van der Waals surface area contributed by atoms with E-state index in [-0.39, 0.29) is 36.7 Å². The lowest BCUT2D eigenvalue weighted by Gasteiger charge is -2.17. The van der Waals surface area contributed by atoms with Gasteiger partial charge < -0.3 is 4.74 Å². The van der Waals surface area contributed by atoms with Crippen molar-refractivity contribution in [2.45, 2.75) is 25.7 Å². The van der Waals surface area contributed by atoms with Crippen LogP contribution < -0.4 is 4.90 Å². The fourth-order valence-corrected chi connectivity index (χ4v) is 4.53. The Bertz CT molecular complexity index is 1080. The van der Waals surface area contributed by atoms with Gasteiger partial charge in [-0.15, -0.1) is 5.10 Å². The molecule has 2 aliphatic heterocycles. The van der Waals surface area contributed by atoms with Crippen LogP contribution in [-0.2, 0) is 27.8 Å². The lowest BCUT2D eigenvalue weighted by Crippen LogP contribution is -2.26. The fraction of sp³-hybridized carbons (Fsp3) is 0.389. The first-order valence-corrected chi connectivity index (χ1v) is 10.8. The van der Waals surface area contributed by atoms with Crippen LogP contribution in [0.25, 0.3) is 5.57 Å². The number of allylic oxidation sites excluding steroid dienone is 1. The molecule has 0 aliphatic carbocycles. The van der Waals surface area contributed by atoms with E-state index in [2.05, 4.69) is 10.3 Å². The number of aromatic nitrogens is 3. The molecular formula is C18H18F2N4O4S. The van der Waals surface area contributed by atoms with E-state index >= 15 is 0 Å². The highest BCUT2D eigenvalue weighted by molar-refractivity contribution is 7.91. The Morgan fingerprint density at radius 1 is 1.31 bits per heavy atom. The van der Waals surface area contributed by atoms with Gasteiger partial charge in [0.15, 0.2) is 9.84 Å². The van der Waals surface area contributed by atoms with Crippen molar-refractivity contribution in [1.82, 2.24) is 15.0 Å². The van der Waals surface area contributed by atoms with Gasteiger partial charge in [0.2, 0.25) is 0 Å². The van der Waals surface area contributed by atoms with Crippen molar-refractivity contribution in [2.75, 3.05) is 23.0 Å². The summed E-state index contributed by atoms with van der Waals surface area (Å²) in [5.74, 6) is -0.643. The zero-order valence-corrected chi connectivity index (χ0v) is 16.1. The molecule has 29 heavy (non-hydrogen) atoms. The number of hydrogen-bond donors (Lipinski definition) is 0. The van der Waals surface area contributed by atoms with Crippen LogP contribution in [-0.4, -0.2) is 53.7 Å². The molecule has 2 aromatic rings. The number of alkyl halides is 1. The summed E-state index contributed by atoms with van der Waals surface area (Å²) >= 11 is 0. The van der Waals surface area contributed by atoms with Crippen molar-refractivity contribution in [3.63, 3.8) is 0 Å². The zero-order valence-electron chi connectivity index (χ0n) is 15.3. The lowest BCUT2D eigenvalue weighted by molar-refractivity contribution is 0.129. The van der Waals surface area contributed by atoms with Crippen molar-refractivity contribution in [3.8, 4) is 0 Å². The molecule has 1 atom stereocenters. The number of hydrogen-bond acceptors (Lipinski definition) is 6. The van der Waals surface area contributed by atoms with Gasteiger partial charge in [-0.1, -0.05) is 11.3 Å². The van der Waals surface area contributed by atoms with Gasteiger partial charge >= 0.3 is 6.09 Å². The van der Waals surface area contributed by atoms with E-state index in [4.69, 9.17) is 4.74 Å². The highest BCUT2D eigenvalue weighted by atomic mass is 32.2. The molecule has 0 bridgehead atoms. The van der Waals surface area contributed by atoms with E-state index in [1.807, 2.05) is 0 Å². The Kier molecular flexibility index (Phi) is 5.07. The number of benzene rings is 1. The molecule has 3 heterocycles. The smallest absolute Gasteiger partial charge is 0.414 e. The first-order valence-electron chi connectivity index (χ1n) is 8.97. The third-order valence-corrected chi connectivity index (χ3v) is 6.36. The summed E-state index contributed by atoms with van der Waals surface area (Å²) in [5, 5.41) is 7.41. The minimum atomic E-state index is -3.10. The summed E-state index contributed by atoms with van der Waals surface area (Å²) in [6.45, 7) is -0.342. The number of sulfone groups is 1. The first-order chi connectivity index (χ1) is 13.8. The zero-order chi connectivity index (χ0) is 20.6. The molecule has 154 valence electrons. The molecule has 1 aromatic heterocycles. The van der Waals surface area contributed by atoms with Gasteiger partial charge in [0.25, 0.3) is 0 Å². The Morgan fingerprint density at radius 3 is 2.79 bits per heavy atom. The predicted octanol–water partition coefficient (Wildman–Crippen LogP) is 2.11. The predicted molar refractivity (Wildman–Crippen MR) is 100 cm³/mol. The molecule has 2 aliphatic rings. The summed E-state index contributed by atoms with van der Waals surface area (Å²) in [5.41, 5.74) is 1.49. The molecule has 0 N–H and O–H groups in total. The molecule has 1 fully saturated rings. The second-order valence-corrected chi connectivity index (χ2v) is 9.17. The number of carbonyl (C=O) groups excluding carboxylic acids is 1. The molecule has 0 saturated carbocycles. The average Bonchev–Trinajstić information content (AvgIpc) is 3.28. The van der Waals surface area contributed by atoms with Gasteiger partial charge in [-0.05, 0) is 30.2 Å². The number of halogens is 2. The van der Waals surface area contributed by atoms with Gasteiger partial charge in [0.1, 0.15) is 24.3 Å². The third kappa shape index (κ3) is 4.14. The van der Waals surface area contributed by atoms with E-state index in [1.165, 1.54) is 27.9 Å². The molecule has 1 unspecified atom stereocenters. The molecule has 0 radical (unpaired) electrons. The number of amides is 1. The van der Waals surface area contributed by atoms with Crippen LogP contribution in [0.2, 0.25) is 0 Å². The van der Waals surface area contributed by atoms with Crippen LogP contribution in [0.5, 0.6) is 0 Å². The SMILES string of the molecule is O=C1OC(Cn2cc(CF)nn2)CN1c1ccc(C2=CCS(=O)(=O)CC2)c(F)c1. The number of carbonyl (C=O) groups is 1. The third-order valence-electron chi connectivity index (χ3n) is 4.86. The Hall–Kier alpha value is -2.82. The van der Waals surface area contributed by atoms with E-state index in [0.29, 0.717) is 16.8 Å². The Balaban J connectivity index is 1.48. The number of ether oxygens (including phenoxy) is 1. The van der Waals surface area contributed by atoms with Crippen LogP contribution in [0, 0.1) is 5.82 Å². The summed E-state index contributed by atoms with van der Waals surface area (Å²) < 4.78 is 57.0. The number of anilines is 1. The number of nitrogens with zero attached hydrogens (tertiary/aromatic N) is 4. The molecule has 1 aromatic carbocycles. The van der Waals surface area contributed by atoms with Gasteiger partial charge in [-0.3, -0.25) is 4.90 Å². The van der Waals surface area contributed by atoms with Gasteiger partial charge in [-0.2, -0.15) is 0 Å². The van der Waals surface area contributed by atoms with Crippen molar-refractivity contribution in [1.29, 1.82) is 0 Å². The number of cyclic esters (lactones) is 1. The largest absolute Gasteiger partial charge is 0.442 e. The standard InChI is InChI=1S/C18H18F2N4O4S/c19-8-13-9-23(22-21-13)10-15-11-24(18(25)28-15)14-1-2-16(17(20)7-14)12-3-5-29(26,27)6-4-12/h1-3,7,9,15H,4-6,8,10-11H2. The van der Waals surface area contributed by atoms with E-state index in [1.54, 1.807) is 12.1 Å². The lowest BCUT2D eigenvalue weighted by atomic mass is 10.0. The van der Waals surface area contributed by atoms with Crippen molar-refractivity contribution >= 4 is 27.2 Å². The van der Waals surface area contributed by atoms with E-state index in [0.717, 1.165) is 0 Å². The van der Waals surface area contributed by atoms with Gasteiger partial charge in [0.05, 0.1) is 36.5 Å². The monoisotopic (exact) mass is 424 g/mol. The van der Waals surface area contributed by atoms with E-state index < -0.39 is 34.5 Å². The summed E-state index contributed by atoms with van der Waals surface area (Å²) in [6.07, 6.45) is 2.07. The molecule has 8 nitrogen and oxygen atoms in total. The summed E-state index contributed by atoms with van der Waals surface area (Å²) in [6, 6.07) is 4.38. The maximum Gasteiger partial charge on any atom is 0.414 e. The van der Waals surface area contributed by atoms with Crippen LogP contribution in [0.4, 0.5) is 19.3 Å². The Morgan fingerprint density at radius 2 is 2.14 bits per heavy atom. The Labute approximate surface area is 165 Å². The molecule has 1 saturated heterocycles. The topological polar surface area (TPSA) is 94.4 Å². The van der Waals surface area contributed by atoms with E-state index in [9.17, 15) is 22.0 Å². The summed E-state index contributed by atoms with van der Waals surface area (Å²) in [4.78, 5) is 13.5. The van der Waals surface area contributed by atoms with Crippen molar-refractivity contribution < 1.29 is 26.7 Å². The molecule has 11 heteroatoms. The second kappa shape index (κ2) is 7.54. The quantitative estimate of drug-likeness (QED) is 0.730. The first kappa shape index (κ1) is 19.5. The molecular weight excluding hydrogens is 406 g/mol. The second-order valence-electron chi connectivity index (χ2n) is 6.94. The highest BCUT2D eigenvalue weighted by Gasteiger charge is 2.33. The average molecular weight is 424 g/mol. The van der Waals surface area contributed by atoms with Crippen molar-refractivity contribution in [3.05, 3.63) is 47.5 Å².